The number of benzene rings is 1. The van der Waals surface area contributed by atoms with E-state index in [4.69, 9.17) is 5.11 Å². The molecule has 0 radical (unpaired) electrons. The summed E-state index contributed by atoms with van der Waals surface area (Å²) >= 11 is 3.23. The minimum absolute atomic E-state index is 0.0793. The van der Waals surface area contributed by atoms with Crippen LogP contribution in [0, 0.1) is 12.7 Å². The zero-order valence-corrected chi connectivity index (χ0v) is 10.5. The van der Waals surface area contributed by atoms with Gasteiger partial charge in [-0.25, -0.2) is 4.39 Å². The molecule has 1 aromatic rings. The minimum atomic E-state index is -0.826. The monoisotopic (exact) mass is 286 g/mol. The van der Waals surface area contributed by atoms with Gasteiger partial charge in [0.05, 0.1) is 10.9 Å². The van der Waals surface area contributed by atoms with E-state index in [1.54, 1.807) is 6.07 Å². The highest BCUT2D eigenvalue weighted by Gasteiger charge is 2.48. The summed E-state index contributed by atoms with van der Waals surface area (Å²) in [6.45, 7) is 1.89. The summed E-state index contributed by atoms with van der Waals surface area (Å²) in [7, 11) is 0. The first-order valence-corrected chi connectivity index (χ1v) is 5.92. The van der Waals surface area contributed by atoms with Crippen molar-refractivity contribution in [3.8, 4) is 0 Å². The highest BCUT2D eigenvalue weighted by Crippen LogP contribution is 2.54. The molecule has 0 aliphatic heterocycles. The molecule has 1 aliphatic carbocycles. The summed E-state index contributed by atoms with van der Waals surface area (Å²) in [6, 6.07) is 3.11. The van der Waals surface area contributed by atoms with E-state index in [0.29, 0.717) is 4.47 Å². The van der Waals surface area contributed by atoms with Crippen LogP contribution < -0.4 is 0 Å². The van der Waals surface area contributed by atoms with Crippen LogP contribution in [0.2, 0.25) is 0 Å². The van der Waals surface area contributed by atoms with Crippen molar-refractivity contribution in [3.63, 3.8) is 0 Å². The second-order valence-electron chi connectivity index (χ2n) is 4.40. The smallest absolute Gasteiger partial charge is 0.304 e. The van der Waals surface area contributed by atoms with Crippen molar-refractivity contribution < 1.29 is 14.3 Å². The predicted molar refractivity (Wildman–Crippen MR) is 62.0 cm³/mol. The maximum absolute atomic E-state index is 13.5. The van der Waals surface area contributed by atoms with Crippen LogP contribution in [0.5, 0.6) is 0 Å². The van der Waals surface area contributed by atoms with Gasteiger partial charge in [-0.15, -0.1) is 0 Å². The molecular formula is C12H12BrFO2. The fourth-order valence-electron chi connectivity index (χ4n) is 2.25. The van der Waals surface area contributed by atoms with E-state index in [1.807, 2.05) is 6.92 Å². The van der Waals surface area contributed by atoms with E-state index in [9.17, 15) is 9.18 Å². The lowest BCUT2D eigenvalue weighted by atomic mass is 9.89. The van der Waals surface area contributed by atoms with Crippen LogP contribution in [0.15, 0.2) is 16.6 Å². The maximum Gasteiger partial charge on any atom is 0.304 e. The van der Waals surface area contributed by atoms with Crippen LogP contribution >= 0.6 is 15.9 Å². The lowest BCUT2D eigenvalue weighted by Crippen LogP contribution is -2.15. The highest BCUT2D eigenvalue weighted by molar-refractivity contribution is 9.10. The molecule has 1 aliphatic rings. The zero-order chi connectivity index (χ0) is 11.9. The number of hydrogen-bond donors (Lipinski definition) is 1. The highest BCUT2D eigenvalue weighted by atomic mass is 79.9. The largest absolute Gasteiger partial charge is 0.481 e. The quantitative estimate of drug-likeness (QED) is 0.925. The first-order chi connectivity index (χ1) is 7.46. The second kappa shape index (κ2) is 3.84. The van der Waals surface area contributed by atoms with Crippen LogP contribution in [-0.4, -0.2) is 11.1 Å². The number of rotatable bonds is 3. The number of hydrogen-bond acceptors (Lipinski definition) is 1. The van der Waals surface area contributed by atoms with Gasteiger partial charge in [-0.3, -0.25) is 4.79 Å². The molecule has 1 fully saturated rings. The van der Waals surface area contributed by atoms with Gasteiger partial charge in [-0.1, -0.05) is 6.07 Å². The van der Waals surface area contributed by atoms with Gasteiger partial charge in [0, 0.05) is 5.41 Å². The Hall–Kier alpha value is -0.900. The average molecular weight is 287 g/mol. The third-order valence-corrected chi connectivity index (χ3v) is 3.95. The molecule has 0 atom stereocenters. The van der Waals surface area contributed by atoms with Crippen molar-refractivity contribution in [2.75, 3.05) is 0 Å². The van der Waals surface area contributed by atoms with Crippen LogP contribution in [0.3, 0.4) is 0 Å². The molecular weight excluding hydrogens is 275 g/mol. The standard InChI is InChI=1S/C12H12BrFO2/c1-7-2-3-8(14)11(13)10(7)12(4-5-12)6-9(15)16/h2-3H,4-6H2,1H3,(H,15,16). The molecule has 0 heterocycles. The third kappa shape index (κ3) is 1.86. The van der Waals surface area contributed by atoms with Crippen LogP contribution in [0.25, 0.3) is 0 Å². The Kier molecular flexibility index (Phi) is 2.78. The summed E-state index contributed by atoms with van der Waals surface area (Å²) in [4.78, 5) is 10.8. The molecule has 0 unspecified atom stereocenters. The summed E-state index contributed by atoms with van der Waals surface area (Å²) in [6.07, 6.45) is 1.72. The summed E-state index contributed by atoms with van der Waals surface area (Å²) in [5.41, 5.74) is 1.43. The van der Waals surface area contributed by atoms with E-state index in [-0.39, 0.29) is 17.7 Å². The van der Waals surface area contributed by atoms with Crippen molar-refractivity contribution in [2.24, 2.45) is 0 Å². The molecule has 4 heteroatoms. The average Bonchev–Trinajstić information content (AvgIpc) is 2.92. The van der Waals surface area contributed by atoms with Crippen molar-refractivity contribution >= 4 is 21.9 Å². The van der Waals surface area contributed by atoms with E-state index in [2.05, 4.69) is 15.9 Å². The summed E-state index contributed by atoms with van der Waals surface area (Å²) in [5.74, 6) is -1.15. The Morgan fingerprint density at radius 1 is 1.56 bits per heavy atom. The van der Waals surface area contributed by atoms with E-state index < -0.39 is 5.97 Å². The molecule has 0 spiro atoms. The molecule has 0 amide bonds. The van der Waals surface area contributed by atoms with E-state index >= 15 is 0 Å². The fourth-order valence-corrected chi connectivity index (χ4v) is 3.12. The van der Waals surface area contributed by atoms with Gasteiger partial charge in [-0.2, -0.15) is 0 Å². The Morgan fingerprint density at radius 3 is 2.69 bits per heavy atom. The number of aryl methyl sites for hydroxylation is 1. The molecule has 1 N–H and O–H groups in total. The van der Waals surface area contributed by atoms with Crippen LogP contribution in [0.1, 0.15) is 30.4 Å². The Morgan fingerprint density at radius 2 is 2.19 bits per heavy atom. The van der Waals surface area contributed by atoms with Gasteiger partial charge in [0.15, 0.2) is 0 Å². The number of carboxylic acid groups (broad SMARTS) is 1. The third-order valence-electron chi connectivity index (χ3n) is 3.18. The normalized spacial score (nSPS) is 17.2. The first-order valence-electron chi connectivity index (χ1n) is 5.13. The topological polar surface area (TPSA) is 37.3 Å². The summed E-state index contributed by atoms with van der Waals surface area (Å²) in [5, 5.41) is 8.89. The van der Waals surface area contributed by atoms with Gasteiger partial charge in [0.2, 0.25) is 0 Å². The predicted octanol–water partition coefficient (Wildman–Crippen LogP) is 3.40. The molecule has 1 aromatic carbocycles. The van der Waals surface area contributed by atoms with Gasteiger partial charge in [0.1, 0.15) is 5.82 Å². The van der Waals surface area contributed by atoms with Crippen molar-refractivity contribution in [3.05, 3.63) is 33.5 Å². The number of carboxylic acids is 1. The Labute approximate surface area is 102 Å². The van der Waals surface area contributed by atoms with E-state index in [1.165, 1.54) is 6.07 Å². The molecule has 0 saturated heterocycles. The summed E-state index contributed by atoms with van der Waals surface area (Å²) < 4.78 is 13.9. The van der Waals surface area contributed by atoms with Gasteiger partial charge >= 0.3 is 5.97 Å². The van der Waals surface area contributed by atoms with Gasteiger partial charge < -0.3 is 5.11 Å². The zero-order valence-electron chi connectivity index (χ0n) is 8.89. The van der Waals surface area contributed by atoms with Gasteiger partial charge in [0.25, 0.3) is 0 Å². The minimum Gasteiger partial charge on any atom is -0.481 e. The first kappa shape index (κ1) is 11.6. The number of halogens is 2. The Balaban J connectivity index is 2.48. The van der Waals surface area contributed by atoms with Gasteiger partial charge in [-0.05, 0) is 52.9 Å². The molecule has 1 saturated carbocycles. The molecule has 2 nitrogen and oxygen atoms in total. The van der Waals surface area contributed by atoms with Crippen LogP contribution in [0.4, 0.5) is 4.39 Å². The molecule has 16 heavy (non-hydrogen) atoms. The number of aliphatic carboxylic acids is 1. The molecule has 86 valence electrons. The van der Waals surface area contributed by atoms with E-state index in [0.717, 1.165) is 24.0 Å². The fraction of sp³-hybridized carbons (Fsp3) is 0.417. The molecule has 0 bridgehead atoms. The van der Waals surface area contributed by atoms with Crippen molar-refractivity contribution in [2.45, 2.75) is 31.6 Å². The van der Waals surface area contributed by atoms with Crippen LogP contribution in [-0.2, 0) is 10.2 Å². The van der Waals surface area contributed by atoms with Crippen molar-refractivity contribution in [1.82, 2.24) is 0 Å². The lowest BCUT2D eigenvalue weighted by Gasteiger charge is -2.18. The number of carbonyl (C=O) groups is 1. The maximum atomic E-state index is 13.5. The Bertz CT molecular complexity index is 453. The molecule has 2 rings (SSSR count). The molecule has 0 aromatic heterocycles. The SMILES string of the molecule is Cc1ccc(F)c(Br)c1C1(CC(=O)O)CC1. The lowest BCUT2D eigenvalue weighted by molar-refractivity contribution is -0.137. The second-order valence-corrected chi connectivity index (χ2v) is 5.20. The van der Waals surface area contributed by atoms with Crippen molar-refractivity contribution in [1.29, 1.82) is 0 Å².